The molecule has 1 rings (SSSR count). The molecule has 0 saturated carbocycles. The Morgan fingerprint density at radius 2 is 2.25 bits per heavy atom. The fourth-order valence-electron chi connectivity index (χ4n) is 1.26. The van der Waals surface area contributed by atoms with Gasteiger partial charge >= 0.3 is 0 Å². The summed E-state index contributed by atoms with van der Waals surface area (Å²) >= 11 is 0. The first-order valence-corrected chi connectivity index (χ1v) is 3.94. The van der Waals surface area contributed by atoms with E-state index in [4.69, 9.17) is 4.74 Å². The van der Waals surface area contributed by atoms with Crippen molar-refractivity contribution in [1.29, 1.82) is 0 Å². The molecule has 2 heteroatoms. The number of aldehydes is 1. The van der Waals surface area contributed by atoms with Crippen LogP contribution >= 0.6 is 0 Å². The van der Waals surface area contributed by atoms with Gasteiger partial charge in [0.05, 0.1) is 7.11 Å². The molecule has 0 atom stereocenters. The molecule has 0 aliphatic heterocycles. The predicted octanol–water partition coefficient (Wildman–Crippen LogP) is 2.07. The Balaban J connectivity index is 3.21. The zero-order valence-corrected chi connectivity index (χ0v) is 7.33. The molecule has 0 N–H and O–H groups in total. The standard InChI is InChI=1S/C10H12O2/c1-3-9-8(7-11)5-4-6-10(9)12-2/h4-7H,3H2,1-2H3. The molecule has 2 nitrogen and oxygen atoms in total. The van der Waals surface area contributed by atoms with Crippen molar-refractivity contribution in [2.24, 2.45) is 0 Å². The summed E-state index contributed by atoms with van der Waals surface area (Å²) in [6.07, 6.45) is 1.68. The number of carbonyl (C=O) groups excluding carboxylic acids is 1. The lowest BCUT2D eigenvalue weighted by Gasteiger charge is -2.07. The maximum atomic E-state index is 10.6. The third-order valence-electron chi connectivity index (χ3n) is 1.87. The van der Waals surface area contributed by atoms with E-state index in [9.17, 15) is 4.79 Å². The van der Waals surface area contributed by atoms with Crippen molar-refractivity contribution >= 4 is 6.29 Å². The monoisotopic (exact) mass is 164 g/mol. The van der Waals surface area contributed by atoms with Crippen LogP contribution in [0.3, 0.4) is 0 Å². The summed E-state index contributed by atoms with van der Waals surface area (Å²) in [4.78, 5) is 10.6. The van der Waals surface area contributed by atoms with Gasteiger partial charge in [-0.1, -0.05) is 19.1 Å². The highest BCUT2D eigenvalue weighted by molar-refractivity contribution is 5.78. The van der Waals surface area contributed by atoms with Crippen LogP contribution in [-0.2, 0) is 6.42 Å². The van der Waals surface area contributed by atoms with Gasteiger partial charge in [0.25, 0.3) is 0 Å². The van der Waals surface area contributed by atoms with Gasteiger partial charge in [-0.3, -0.25) is 4.79 Å². The summed E-state index contributed by atoms with van der Waals surface area (Å²) in [5.74, 6) is 0.794. The number of hydrogen-bond acceptors (Lipinski definition) is 2. The molecule has 0 aromatic heterocycles. The molecular formula is C10H12O2. The van der Waals surface area contributed by atoms with E-state index in [0.29, 0.717) is 0 Å². The molecule has 0 unspecified atom stereocenters. The lowest BCUT2D eigenvalue weighted by atomic mass is 10.1. The van der Waals surface area contributed by atoms with Crippen LogP contribution < -0.4 is 4.74 Å². The average Bonchev–Trinajstić information content (AvgIpc) is 2.16. The van der Waals surface area contributed by atoms with E-state index in [-0.39, 0.29) is 0 Å². The van der Waals surface area contributed by atoms with E-state index in [1.54, 1.807) is 13.2 Å². The highest BCUT2D eigenvalue weighted by Gasteiger charge is 2.04. The summed E-state index contributed by atoms with van der Waals surface area (Å²) in [6, 6.07) is 5.49. The normalized spacial score (nSPS) is 9.50. The number of benzene rings is 1. The fraction of sp³-hybridized carbons (Fsp3) is 0.300. The first-order valence-electron chi connectivity index (χ1n) is 3.94. The van der Waals surface area contributed by atoms with Gasteiger partial charge in [0.15, 0.2) is 0 Å². The van der Waals surface area contributed by atoms with Crippen LogP contribution in [0.2, 0.25) is 0 Å². The molecule has 0 aliphatic carbocycles. The van der Waals surface area contributed by atoms with Crippen molar-refractivity contribution in [3.63, 3.8) is 0 Å². The first kappa shape index (κ1) is 8.78. The molecule has 0 fully saturated rings. The number of hydrogen-bond donors (Lipinski definition) is 0. The van der Waals surface area contributed by atoms with E-state index >= 15 is 0 Å². The van der Waals surface area contributed by atoms with E-state index in [0.717, 1.165) is 29.6 Å². The Hall–Kier alpha value is -1.31. The third kappa shape index (κ3) is 1.47. The summed E-state index contributed by atoms with van der Waals surface area (Å²) in [5, 5.41) is 0. The topological polar surface area (TPSA) is 26.3 Å². The van der Waals surface area contributed by atoms with Crippen LogP contribution in [0.4, 0.5) is 0 Å². The van der Waals surface area contributed by atoms with Crippen LogP contribution in [0.5, 0.6) is 5.75 Å². The molecule has 0 heterocycles. The number of methoxy groups -OCH3 is 1. The highest BCUT2D eigenvalue weighted by atomic mass is 16.5. The van der Waals surface area contributed by atoms with Crippen LogP contribution in [0.1, 0.15) is 22.8 Å². The molecule has 12 heavy (non-hydrogen) atoms. The van der Waals surface area contributed by atoms with Crippen LogP contribution in [-0.4, -0.2) is 13.4 Å². The Morgan fingerprint density at radius 1 is 1.50 bits per heavy atom. The summed E-state index contributed by atoms with van der Waals surface area (Å²) in [6.45, 7) is 2.00. The van der Waals surface area contributed by atoms with Crippen LogP contribution in [0, 0.1) is 0 Å². The maximum Gasteiger partial charge on any atom is 0.150 e. The second-order valence-electron chi connectivity index (χ2n) is 2.50. The summed E-state index contributed by atoms with van der Waals surface area (Å²) in [5.41, 5.74) is 1.70. The quantitative estimate of drug-likeness (QED) is 0.639. The summed E-state index contributed by atoms with van der Waals surface area (Å²) < 4.78 is 5.12. The predicted molar refractivity (Wildman–Crippen MR) is 47.8 cm³/mol. The van der Waals surface area contributed by atoms with Gasteiger partial charge < -0.3 is 4.74 Å². The van der Waals surface area contributed by atoms with E-state index in [2.05, 4.69) is 0 Å². The van der Waals surface area contributed by atoms with Crippen LogP contribution in [0.25, 0.3) is 0 Å². The second kappa shape index (κ2) is 3.90. The zero-order chi connectivity index (χ0) is 8.97. The Bertz CT molecular complexity index is 279. The number of ether oxygens (including phenoxy) is 1. The van der Waals surface area contributed by atoms with Crippen molar-refractivity contribution < 1.29 is 9.53 Å². The van der Waals surface area contributed by atoms with Crippen LogP contribution in [0.15, 0.2) is 18.2 Å². The van der Waals surface area contributed by atoms with Gasteiger partial charge in [-0.25, -0.2) is 0 Å². The van der Waals surface area contributed by atoms with E-state index < -0.39 is 0 Å². The molecule has 1 aromatic rings. The van der Waals surface area contributed by atoms with Crippen molar-refractivity contribution in [2.75, 3.05) is 7.11 Å². The minimum atomic E-state index is 0.719. The Morgan fingerprint density at radius 3 is 2.75 bits per heavy atom. The summed E-state index contributed by atoms with van der Waals surface area (Å²) in [7, 11) is 1.61. The van der Waals surface area contributed by atoms with Crippen molar-refractivity contribution in [3.05, 3.63) is 29.3 Å². The first-order chi connectivity index (χ1) is 5.83. The smallest absolute Gasteiger partial charge is 0.150 e. The molecule has 0 spiro atoms. The fourth-order valence-corrected chi connectivity index (χ4v) is 1.26. The Kier molecular flexibility index (Phi) is 2.86. The van der Waals surface area contributed by atoms with Gasteiger partial charge in [0, 0.05) is 11.1 Å². The molecule has 64 valence electrons. The molecule has 0 amide bonds. The third-order valence-corrected chi connectivity index (χ3v) is 1.87. The lowest BCUT2D eigenvalue weighted by molar-refractivity contribution is 0.112. The molecule has 1 aromatic carbocycles. The van der Waals surface area contributed by atoms with Crippen molar-refractivity contribution in [3.8, 4) is 5.75 Å². The van der Waals surface area contributed by atoms with Crippen molar-refractivity contribution in [2.45, 2.75) is 13.3 Å². The molecule has 0 radical (unpaired) electrons. The average molecular weight is 164 g/mol. The second-order valence-corrected chi connectivity index (χ2v) is 2.50. The minimum Gasteiger partial charge on any atom is -0.496 e. The molecule has 0 aliphatic rings. The van der Waals surface area contributed by atoms with Crippen molar-refractivity contribution in [1.82, 2.24) is 0 Å². The van der Waals surface area contributed by atoms with E-state index in [1.165, 1.54) is 0 Å². The number of rotatable bonds is 3. The van der Waals surface area contributed by atoms with Gasteiger partial charge in [0.1, 0.15) is 12.0 Å². The van der Waals surface area contributed by atoms with Gasteiger partial charge in [-0.15, -0.1) is 0 Å². The highest BCUT2D eigenvalue weighted by Crippen LogP contribution is 2.21. The molecule has 0 bridgehead atoms. The maximum absolute atomic E-state index is 10.6. The molecular weight excluding hydrogens is 152 g/mol. The van der Waals surface area contributed by atoms with Gasteiger partial charge in [-0.2, -0.15) is 0 Å². The lowest BCUT2D eigenvalue weighted by Crippen LogP contribution is -1.95. The largest absolute Gasteiger partial charge is 0.496 e. The minimum absolute atomic E-state index is 0.719. The van der Waals surface area contributed by atoms with Gasteiger partial charge in [-0.05, 0) is 12.5 Å². The molecule has 0 saturated heterocycles. The SMILES string of the molecule is CCc1c(C=O)cccc1OC. The van der Waals surface area contributed by atoms with E-state index in [1.807, 2.05) is 19.1 Å². The van der Waals surface area contributed by atoms with Gasteiger partial charge in [0.2, 0.25) is 0 Å². The number of carbonyl (C=O) groups is 1. The Labute approximate surface area is 72.2 Å². The zero-order valence-electron chi connectivity index (χ0n) is 7.33.